The Kier molecular flexibility index (Phi) is 6.31. The van der Waals surface area contributed by atoms with Crippen LogP contribution < -0.4 is 29.6 Å². The minimum absolute atomic E-state index is 0. The second kappa shape index (κ2) is 6.37. The third-order valence-corrected chi connectivity index (χ3v) is 2.15. The van der Waals surface area contributed by atoms with Crippen LogP contribution in [-0.2, 0) is 6.61 Å². The summed E-state index contributed by atoms with van der Waals surface area (Å²) in [5.74, 6) is 0.606. The summed E-state index contributed by atoms with van der Waals surface area (Å²) in [6.45, 7) is -0.102. The van der Waals surface area contributed by atoms with Gasteiger partial charge in [-0.2, -0.15) is 0 Å². The molecule has 0 fully saturated rings. The average Bonchev–Trinajstić information content (AvgIpc) is 2.75. The monoisotopic (exact) mass is 220 g/mol. The zero-order valence-electron chi connectivity index (χ0n) is 7.10. The van der Waals surface area contributed by atoms with Crippen molar-refractivity contribution in [2.75, 3.05) is 0 Å². The van der Waals surface area contributed by atoms with Crippen molar-refractivity contribution in [2.45, 2.75) is 6.61 Å². The van der Waals surface area contributed by atoms with Crippen molar-refractivity contribution in [3.05, 3.63) is 23.3 Å². The molecule has 2 rings (SSSR count). The Morgan fingerprint density at radius 3 is 2.79 bits per heavy atom. The Bertz CT molecular complexity index is 365. The summed E-state index contributed by atoms with van der Waals surface area (Å²) in [5, 5.41) is 15.0. The van der Waals surface area contributed by atoms with Gasteiger partial charge in [-0.1, -0.05) is 13.6 Å². The van der Waals surface area contributed by atoms with Gasteiger partial charge in [0.05, 0.1) is 6.61 Å². The Morgan fingerprint density at radius 1 is 1.50 bits per heavy atom. The molecule has 0 unspecified atom stereocenters. The van der Waals surface area contributed by atoms with Crippen molar-refractivity contribution < 1.29 is 39.2 Å². The standard InChI is InChI=1S/C7H6N2O2S.BH4.Na/c10-4-5-3-6(11-9-5)7-8-1-2-12-7;;/h1-3,10H,4H2;1H4;/q;-1;+1. The average molecular weight is 220 g/mol. The molecule has 0 aliphatic carbocycles. The topological polar surface area (TPSA) is 59.2 Å². The molecule has 7 heteroatoms. The van der Waals surface area contributed by atoms with Gasteiger partial charge in [-0.15, -0.1) is 11.3 Å². The van der Waals surface area contributed by atoms with Crippen LogP contribution in [0.5, 0.6) is 0 Å². The van der Waals surface area contributed by atoms with Gasteiger partial charge < -0.3 is 9.63 Å². The van der Waals surface area contributed by atoms with E-state index in [-0.39, 0.29) is 44.6 Å². The Labute approximate surface area is 109 Å². The van der Waals surface area contributed by atoms with Gasteiger partial charge in [0.1, 0.15) is 5.69 Å². The molecule has 0 saturated heterocycles. The number of rotatable bonds is 2. The van der Waals surface area contributed by atoms with Gasteiger partial charge in [0.2, 0.25) is 0 Å². The summed E-state index contributed by atoms with van der Waals surface area (Å²) < 4.78 is 4.94. The molecule has 0 saturated carbocycles. The molecule has 0 atom stereocenters. The van der Waals surface area contributed by atoms with Gasteiger partial charge in [-0.05, 0) is 0 Å². The van der Waals surface area contributed by atoms with Crippen molar-refractivity contribution in [1.82, 2.24) is 10.1 Å². The van der Waals surface area contributed by atoms with Gasteiger partial charge in [0, 0.05) is 17.6 Å². The van der Waals surface area contributed by atoms with Crippen molar-refractivity contribution in [2.24, 2.45) is 0 Å². The third-order valence-electron chi connectivity index (χ3n) is 1.36. The number of hydrogen-bond donors (Lipinski definition) is 1. The normalized spacial score (nSPS) is 8.93. The number of aliphatic hydroxyl groups excluding tert-OH is 1. The Hall–Kier alpha value is -0.135. The third kappa shape index (κ3) is 2.93. The zero-order valence-corrected chi connectivity index (χ0v) is 9.91. The predicted octanol–water partition coefficient (Wildman–Crippen LogP) is -3.16. The molecule has 1 N–H and O–H groups in total. The molecular weight excluding hydrogens is 210 g/mol. The molecule has 0 radical (unpaired) electrons. The molecule has 0 bridgehead atoms. The van der Waals surface area contributed by atoms with Gasteiger partial charge in [-0.25, -0.2) is 4.98 Å². The summed E-state index contributed by atoms with van der Waals surface area (Å²) >= 11 is 1.47. The summed E-state index contributed by atoms with van der Waals surface area (Å²) in [6, 6.07) is 1.68. The summed E-state index contributed by atoms with van der Waals surface area (Å²) in [6.07, 6.45) is 1.70. The molecule has 0 aliphatic heterocycles. The molecule has 2 heterocycles. The van der Waals surface area contributed by atoms with Gasteiger partial charge in [0.25, 0.3) is 0 Å². The second-order valence-corrected chi connectivity index (χ2v) is 3.07. The number of aromatic nitrogens is 2. The molecule has 0 aromatic carbocycles. The minimum atomic E-state index is -0.102. The minimum Gasteiger partial charge on any atom is -0.390 e. The van der Waals surface area contributed by atoms with Crippen LogP contribution >= 0.6 is 11.3 Å². The van der Waals surface area contributed by atoms with Crippen LogP contribution in [0, 0.1) is 0 Å². The molecule has 0 spiro atoms. The van der Waals surface area contributed by atoms with Gasteiger partial charge in [-0.3, -0.25) is 0 Å². The van der Waals surface area contributed by atoms with E-state index in [1.165, 1.54) is 11.3 Å². The smallest absolute Gasteiger partial charge is 0.390 e. The van der Waals surface area contributed by atoms with E-state index in [0.29, 0.717) is 11.5 Å². The van der Waals surface area contributed by atoms with Crippen LogP contribution in [-0.4, -0.2) is 23.7 Å². The maximum atomic E-state index is 8.71. The van der Waals surface area contributed by atoms with Crippen LogP contribution in [0.1, 0.15) is 5.69 Å². The van der Waals surface area contributed by atoms with E-state index in [0.717, 1.165) is 5.01 Å². The van der Waals surface area contributed by atoms with Crippen LogP contribution in [0.4, 0.5) is 0 Å². The van der Waals surface area contributed by atoms with Crippen molar-refractivity contribution in [1.29, 1.82) is 0 Å². The van der Waals surface area contributed by atoms with Gasteiger partial charge in [0.15, 0.2) is 10.8 Å². The number of aliphatic hydroxyl groups is 1. The molecular formula is C7H10BN2NaO2S. The molecule has 0 aliphatic rings. The number of thiazole rings is 1. The van der Waals surface area contributed by atoms with Crippen LogP contribution in [0.25, 0.3) is 10.8 Å². The molecule has 2 aromatic rings. The van der Waals surface area contributed by atoms with E-state index >= 15 is 0 Å². The SMILES string of the molecule is OCc1cc(-c2nccs2)on1.[BH4-].[Na+]. The molecule has 4 nitrogen and oxygen atoms in total. The van der Waals surface area contributed by atoms with E-state index in [4.69, 9.17) is 9.63 Å². The number of nitrogens with zero attached hydrogens (tertiary/aromatic N) is 2. The molecule has 14 heavy (non-hydrogen) atoms. The maximum Gasteiger partial charge on any atom is 1.00 e. The first-order chi connectivity index (χ1) is 5.90. The van der Waals surface area contributed by atoms with Gasteiger partial charge >= 0.3 is 29.6 Å². The fourth-order valence-corrected chi connectivity index (χ4v) is 1.42. The zero-order chi connectivity index (χ0) is 8.39. The first-order valence-corrected chi connectivity index (χ1v) is 4.24. The maximum absolute atomic E-state index is 8.71. The van der Waals surface area contributed by atoms with Crippen molar-refractivity contribution in [3.8, 4) is 10.8 Å². The van der Waals surface area contributed by atoms with E-state index in [9.17, 15) is 0 Å². The fourth-order valence-electron chi connectivity index (χ4n) is 0.832. The Morgan fingerprint density at radius 2 is 2.29 bits per heavy atom. The van der Waals surface area contributed by atoms with Crippen LogP contribution in [0.2, 0.25) is 0 Å². The van der Waals surface area contributed by atoms with Crippen LogP contribution in [0.3, 0.4) is 0 Å². The molecule has 0 amide bonds. The summed E-state index contributed by atoms with van der Waals surface area (Å²) in [5.41, 5.74) is 0.528. The number of hydrogen-bond acceptors (Lipinski definition) is 5. The molecule has 2 aromatic heterocycles. The van der Waals surface area contributed by atoms with E-state index < -0.39 is 0 Å². The predicted molar refractivity (Wildman–Crippen MR) is 54.9 cm³/mol. The van der Waals surface area contributed by atoms with Crippen molar-refractivity contribution >= 4 is 19.7 Å². The van der Waals surface area contributed by atoms with E-state index in [1.54, 1.807) is 12.3 Å². The second-order valence-electron chi connectivity index (χ2n) is 2.18. The quantitative estimate of drug-likeness (QED) is 0.543. The van der Waals surface area contributed by atoms with E-state index in [1.807, 2.05) is 5.38 Å². The first-order valence-electron chi connectivity index (χ1n) is 3.36. The summed E-state index contributed by atoms with van der Waals surface area (Å²) in [7, 11) is 0. The molecule has 70 valence electrons. The largest absolute Gasteiger partial charge is 1.00 e. The fraction of sp³-hybridized carbons (Fsp3) is 0.143. The summed E-state index contributed by atoms with van der Waals surface area (Å²) in [4.78, 5) is 4.04. The van der Waals surface area contributed by atoms with Crippen LogP contribution in [0.15, 0.2) is 22.2 Å². The first kappa shape index (κ1) is 13.9. The van der Waals surface area contributed by atoms with E-state index in [2.05, 4.69) is 10.1 Å². The Balaban J connectivity index is 0.000000845. The van der Waals surface area contributed by atoms with Crippen molar-refractivity contribution in [3.63, 3.8) is 0 Å².